The van der Waals surface area contributed by atoms with Gasteiger partial charge < -0.3 is 14.6 Å². The van der Waals surface area contributed by atoms with Crippen LogP contribution < -0.4 is 5.32 Å². The summed E-state index contributed by atoms with van der Waals surface area (Å²) in [6, 6.07) is 9.80. The highest BCUT2D eigenvalue weighted by molar-refractivity contribution is 6.33. The summed E-state index contributed by atoms with van der Waals surface area (Å²) in [5, 5.41) is 3.74. The third kappa shape index (κ3) is 5.63. The number of nitrogens with one attached hydrogen (secondary N) is 1. The second-order valence-electron chi connectivity index (χ2n) is 10.5. The van der Waals surface area contributed by atoms with Crippen LogP contribution in [0.2, 0.25) is 10.0 Å². The molecule has 0 radical (unpaired) electrons. The van der Waals surface area contributed by atoms with Gasteiger partial charge in [0.1, 0.15) is 17.7 Å². The van der Waals surface area contributed by atoms with E-state index in [4.69, 9.17) is 27.9 Å². The molecule has 0 saturated heterocycles. The predicted octanol–water partition coefficient (Wildman–Crippen LogP) is 7.91. The molecule has 0 aliphatic heterocycles. The molecule has 5 nitrogen and oxygen atoms in total. The molecule has 2 unspecified atom stereocenters. The summed E-state index contributed by atoms with van der Waals surface area (Å²) >= 11 is 13.0. The Morgan fingerprint density at radius 3 is 2.53 bits per heavy atom. The van der Waals surface area contributed by atoms with Gasteiger partial charge in [-0.2, -0.15) is 0 Å². The van der Waals surface area contributed by atoms with Gasteiger partial charge in [0, 0.05) is 36.1 Å². The fourth-order valence-corrected chi connectivity index (χ4v) is 6.68. The number of hydrogen-bond acceptors (Lipinski definition) is 3. The van der Waals surface area contributed by atoms with Gasteiger partial charge in [-0.15, -0.1) is 0 Å². The Kier molecular flexibility index (Phi) is 8.71. The molecule has 2 aromatic carbocycles. The van der Waals surface area contributed by atoms with Gasteiger partial charge in [0.15, 0.2) is 0 Å². The summed E-state index contributed by atoms with van der Waals surface area (Å²) in [5.41, 5.74) is 1.98. The largest absolute Gasteiger partial charge is 0.376 e. The van der Waals surface area contributed by atoms with Gasteiger partial charge in [0.2, 0.25) is 5.91 Å². The summed E-state index contributed by atoms with van der Waals surface area (Å²) in [4.78, 5) is 18.5. The summed E-state index contributed by atoms with van der Waals surface area (Å²) in [6.45, 7) is 0. The van der Waals surface area contributed by atoms with E-state index in [-0.39, 0.29) is 23.1 Å². The van der Waals surface area contributed by atoms with Crippen LogP contribution in [0, 0.1) is 11.7 Å². The van der Waals surface area contributed by atoms with Crippen LogP contribution in [0.1, 0.15) is 81.1 Å². The van der Waals surface area contributed by atoms with Crippen molar-refractivity contribution in [1.82, 2.24) is 14.9 Å². The average molecular weight is 559 g/mol. The van der Waals surface area contributed by atoms with Crippen LogP contribution in [0.5, 0.6) is 0 Å². The molecule has 1 aromatic heterocycles. The van der Waals surface area contributed by atoms with E-state index in [2.05, 4.69) is 10.3 Å². The van der Waals surface area contributed by atoms with E-state index in [1.54, 1.807) is 42.3 Å². The molecule has 1 amide bonds. The maximum Gasteiger partial charge on any atom is 0.247 e. The summed E-state index contributed by atoms with van der Waals surface area (Å²) in [7, 11) is 1.69. The van der Waals surface area contributed by atoms with Crippen LogP contribution in [0.3, 0.4) is 0 Å². The molecule has 2 aliphatic carbocycles. The van der Waals surface area contributed by atoms with Crippen molar-refractivity contribution in [3.05, 3.63) is 75.8 Å². The zero-order valence-corrected chi connectivity index (χ0v) is 23.1. The summed E-state index contributed by atoms with van der Waals surface area (Å²) < 4.78 is 22.8. The minimum absolute atomic E-state index is 0.0196. The normalized spacial score (nSPS) is 18.4. The Balaban J connectivity index is 1.62. The number of imidazole rings is 1. The molecule has 5 rings (SSSR count). The van der Waals surface area contributed by atoms with E-state index in [1.807, 2.05) is 12.1 Å². The molecule has 8 heteroatoms. The zero-order chi connectivity index (χ0) is 26.6. The second-order valence-corrected chi connectivity index (χ2v) is 11.3. The Morgan fingerprint density at radius 1 is 1.08 bits per heavy atom. The van der Waals surface area contributed by atoms with Gasteiger partial charge in [-0.3, -0.25) is 4.79 Å². The quantitative estimate of drug-likeness (QED) is 0.306. The number of nitrogens with zero attached hydrogens (tertiary/aromatic N) is 2. The average Bonchev–Trinajstić information content (AvgIpc) is 3.60. The van der Waals surface area contributed by atoms with Crippen molar-refractivity contribution in [2.75, 3.05) is 7.11 Å². The number of halogens is 3. The molecule has 38 heavy (non-hydrogen) atoms. The first-order valence-electron chi connectivity index (χ1n) is 13.6. The first-order chi connectivity index (χ1) is 18.5. The van der Waals surface area contributed by atoms with Crippen LogP contribution in [0.4, 0.5) is 4.39 Å². The number of amides is 1. The minimum atomic E-state index is -0.755. The van der Waals surface area contributed by atoms with E-state index >= 15 is 0 Å². The van der Waals surface area contributed by atoms with Gasteiger partial charge in [-0.1, -0.05) is 73.5 Å². The topological polar surface area (TPSA) is 56.2 Å². The molecule has 0 spiro atoms. The number of ether oxygens (including phenoxy) is 1. The lowest BCUT2D eigenvalue weighted by Gasteiger charge is -2.31. The van der Waals surface area contributed by atoms with Crippen molar-refractivity contribution < 1.29 is 13.9 Å². The van der Waals surface area contributed by atoms with Crippen LogP contribution in [0.15, 0.2) is 48.8 Å². The third-order valence-electron chi connectivity index (χ3n) is 8.05. The van der Waals surface area contributed by atoms with Crippen molar-refractivity contribution in [3.63, 3.8) is 0 Å². The molecule has 2 fully saturated rings. The molecule has 1 N–H and O–H groups in total. The lowest BCUT2D eigenvalue weighted by Crippen LogP contribution is -2.39. The van der Waals surface area contributed by atoms with Crippen molar-refractivity contribution >= 4 is 29.1 Å². The molecule has 2 atom stereocenters. The molecular formula is C30H34Cl2FN3O2. The first-order valence-corrected chi connectivity index (χ1v) is 14.3. The molecule has 202 valence electrons. The smallest absolute Gasteiger partial charge is 0.247 e. The third-order valence-corrected chi connectivity index (χ3v) is 8.65. The Hall–Kier alpha value is -2.41. The maximum absolute atomic E-state index is 15.0. The lowest BCUT2D eigenvalue weighted by molar-refractivity contribution is -0.123. The van der Waals surface area contributed by atoms with Crippen LogP contribution in [-0.4, -0.2) is 28.6 Å². The molecule has 3 aromatic rings. The second kappa shape index (κ2) is 12.2. The highest BCUT2D eigenvalue weighted by Crippen LogP contribution is 2.44. The van der Waals surface area contributed by atoms with Gasteiger partial charge in [0.05, 0.1) is 11.1 Å². The van der Waals surface area contributed by atoms with Gasteiger partial charge >= 0.3 is 0 Å². The number of hydrogen-bond donors (Lipinski definition) is 1. The number of carbonyl (C=O) groups excluding carboxylic acids is 1. The van der Waals surface area contributed by atoms with Crippen molar-refractivity contribution in [1.29, 1.82) is 0 Å². The van der Waals surface area contributed by atoms with Gasteiger partial charge in [-0.05, 0) is 60.9 Å². The van der Waals surface area contributed by atoms with E-state index in [9.17, 15) is 9.18 Å². The number of rotatable bonds is 8. The van der Waals surface area contributed by atoms with Gasteiger partial charge in [-0.25, -0.2) is 9.37 Å². The number of aromatic nitrogens is 2. The standard InChI is InChI=1S/C30H34Cl2FN3O2/c1-38-28(19-8-3-2-4-9-19)23-14-15-24(33)26(32)25(23)29-34-16-17-36(29)27(20-10-7-11-21(31)18-20)30(37)35-22-12-5-6-13-22/h7,10-11,14-19,22,27-28H,2-6,8-9,12-13H2,1H3,(H,35,37). The van der Waals surface area contributed by atoms with E-state index in [1.165, 1.54) is 12.5 Å². The maximum atomic E-state index is 15.0. The van der Waals surface area contributed by atoms with E-state index < -0.39 is 11.9 Å². The monoisotopic (exact) mass is 557 g/mol. The SMILES string of the molecule is COC(c1ccc(F)c(Cl)c1-c1nccn1C(C(=O)NC1CCCC1)c1cccc(Cl)c1)C1CCCCC1. The molecule has 2 aliphatic rings. The number of benzene rings is 2. The number of methoxy groups -OCH3 is 1. The van der Waals surface area contributed by atoms with Crippen molar-refractivity contribution in [3.8, 4) is 11.4 Å². The van der Waals surface area contributed by atoms with E-state index in [0.717, 1.165) is 62.5 Å². The van der Waals surface area contributed by atoms with Crippen LogP contribution >= 0.6 is 23.2 Å². The Bertz CT molecular complexity index is 1270. The Morgan fingerprint density at radius 2 is 1.82 bits per heavy atom. The zero-order valence-electron chi connectivity index (χ0n) is 21.6. The number of carbonyl (C=O) groups is 1. The van der Waals surface area contributed by atoms with E-state index in [0.29, 0.717) is 22.3 Å². The molecule has 1 heterocycles. The fourth-order valence-electron chi connectivity index (χ4n) is 6.22. The molecular weight excluding hydrogens is 524 g/mol. The fraction of sp³-hybridized carbons (Fsp3) is 0.467. The highest BCUT2D eigenvalue weighted by Gasteiger charge is 2.33. The van der Waals surface area contributed by atoms with Crippen molar-refractivity contribution in [2.24, 2.45) is 5.92 Å². The molecule has 0 bridgehead atoms. The lowest BCUT2D eigenvalue weighted by atomic mass is 9.81. The highest BCUT2D eigenvalue weighted by atomic mass is 35.5. The predicted molar refractivity (Wildman–Crippen MR) is 149 cm³/mol. The van der Waals surface area contributed by atoms with Gasteiger partial charge in [0.25, 0.3) is 0 Å². The van der Waals surface area contributed by atoms with Crippen molar-refractivity contribution in [2.45, 2.75) is 76.0 Å². The minimum Gasteiger partial charge on any atom is -0.376 e. The first kappa shape index (κ1) is 27.2. The summed E-state index contributed by atoms with van der Waals surface area (Å²) in [6.07, 6.45) is 12.8. The Labute approximate surface area is 233 Å². The summed E-state index contributed by atoms with van der Waals surface area (Å²) in [5.74, 6) is 0.0389. The van der Waals surface area contributed by atoms with Crippen LogP contribution in [0.25, 0.3) is 11.4 Å². The van der Waals surface area contributed by atoms with Crippen LogP contribution in [-0.2, 0) is 9.53 Å². The molecule has 2 saturated carbocycles.